The fraction of sp³-hybridized carbons (Fsp3) is 0.364. The third-order valence-electron chi connectivity index (χ3n) is 6.66. The lowest BCUT2D eigenvalue weighted by Gasteiger charge is -2.22. The average Bonchev–Trinajstić information content (AvgIpc) is 3.09. The third kappa shape index (κ3) is 2.94. The van der Waals surface area contributed by atoms with Gasteiger partial charge in [0.1, 0.15) is 23.1 Å². The number of hydrogen-bond acceptors (Lipinski definition) is 8. The van der Waals surface area contributed by atoms with E-state index in [4.69, 9.17) is 15.5 Å². The third-order valence-corrected chi connectivity index (χ3v) is 6.66. The number of aromatic amines is 1. The van der Waals surface area contributed by atoms with Gasteiger partial charge in [-0.1, -0.05) is 0 Å². The number of H-pyrrole nitrogens is 1. The minimum Gasteiger partial charge on any atom is -0.421 e. The molecule has 2 fully saturated rings. The van der Waals surface area contributed by atoms with Gasteiger partial charge in [0.15, 0.2) is 5.75 Å². The molecule has 32 heavy (non-hydrogen) atoms. The van der Waals surface area contributed by atoms with E-state index in [9.17, 15) is 4.39 Å². The molecule has 9 nitrogen and oxygen atoms in total. The minimum atomic E-state index is -0.321. The molecule has 3 aromatic heterocycles. The highest BCUT2D eigenvalue weighted by Crippen LogP contribution is 2.52. The van der Waals surface area contributed by atoms with E-state index in [0.29, 0.717) is 47.2 Å². The first-order valence-corrected chi connectivity index (χ1v) is 10.7. The Labute approximate surface area is 183 Å². The molecule has 0 amide bonds. The summed E-state index contributed by atoms with van der Waals surface area (Å²) in [4.78, 5) is 23.2. The molecule has 0 radical (unpaired) electrons. The van der Waals surface area contributed by atoms with Crippen LogP contribution in [0.3, 0.4) is 0 Å². The molecule has 6 rings (SSSR count). The summed E-state index contributed by atoms with van der Waals surface area (Å²) in [7, 11) is 1.76. The van der Waals surface area contributed by atoms with Gasteiger partial charge in [-0.2, -0.15) is 9.97 Å². The van der Waals surface area contributed by atoms with Crippen LogP contribution in [-0.4, -0.2) is 51.6 Å². The second-order valence-electron chi connectivity index (χ2n) is 8.50. The first-order chi connectivity index (χ1) is 15.6. The molecular weight excluding hydrogens is 411 g/mol. The van der Waals surface area contributed by atoms with Gasteiger partial charge in [0.2, 0.25) is 0 Å². The first kappa shape index (κ1) is 19.2. The molecule has 2 atom stereocenters. The SMILES string of the molecule is CNc1cc(F)cc2c1[nH]c1nc(Oc3cnc(C)nc3)nc(N3CC4C(CN)C4C3)c12. The smallest absolute Gasteiger partial charge is 0.326 e. The Balaban J connectivity index is 1.50. The summed E-state index contributed by atoms with van der Waals surface area (Å²) in [5, 5.41) is 4.58. The monoisotopic (exact) mass is 434 g/mol. The van der Waals surface area contributed by atoms with Crippen molar-refractivity contribution in [1.29, 1.82) is 0 Å². The van der Waals surface area contributed by atoms with Crippen LogP contribution in [-0.2, 0) is 0 Å². The summed E-state index contributed by atoms with van der Waals surface area (Å²) in [5.41, 5.74) is 7.92. The van der Waals surface area contributed by atoms with Crippen molar-refractivity contribution in [2.45, 2.75) is 6.92 Å². The Morgan fingerprint density at radius 1 is 1.22 bits per heavy atom. The van der Waals surface area contributed by atoms with Crippen LogP contribution in [0.2, 0.25) is 0 Å². The molecule has 2 unspecified atom stereocenters. The second-order valence-corrected chi connectivity index (χ2v) is 8.50. The molecule has 1 saturated carbocycles. The molecule has 1 aliphatic carbocycles. The van der Waals surface area contributed by atoms with Crippen LogP contribution < -0.4 is 20.7 Å². The van der Waals surface area contributed by atoms with E-state index in [1.165, 1.54) is 12.1 Å². The van der Waals surface area contributed by atoms with E-state index >= 15 is 0 Å². The number of anilines is 2. The zero-order valence-electron chi connectivity index (χ0n) is 17.8. The topological polar surface area (TPSA) is 118 Å². The van der Waals surface area contributed by atoms with Crippen molar-refractivity contribution in [3.63, 3.8) is 0 Å². The molecule has 164 valence electrons. The van der Waals surface area contributed by atoms with E-state index in [0.717, 1.165) is 35.2 Å². The van der Waals surface area contributed by atoms with Crippen LogP contribution in [0.15, 0.2) is 24.5 Å². The molecule has 0 spiro atoms. The lowest BCUT2D eigenvalue weighted by Crippen LogP contribution is -2.27. The first-order valence-electron chi connectivity index (χ1n) is 10.7. The number of piperidine rings is 1. The summed E-state index contributed by atoms with van der Waals surface area (Å²) in [5.74, 6) is 3.26. The number of ether oxygens (including phenoxy) is 1. The molecule has 1 saturated heterocycles. The molecule has 1 aliphatic heterocycles. The minimum absolute atomic E-state index is 0.189. The summed E-state index contributed by atoms with van der Waals surface area (Å²) >= 11 is 0. The van der Waals surface area contributed by atoms with E-state index in [-0.39, 0.29) is 11.8 Å². The maximum absolute atomic E-state index is 14.4. The van der Waals surface area contributed by atoms with E-state index in [1.54, 1.807) is 26.4 Å². The van der Waals surface area contributed by atoms with Crippen LogP contribution >= 0.6 is 0 Å². The number of halogens is 1. The Bertz CT molecular complexity index is 1330. The number of fused-ring (bicyclic) bond motifs is 4. The van der Waals surface area contributed by atoms with Crippen LogP contribution in [0.4, 0.5) is 15.9 Å². The van der Waals surface area contributed by atoms with E-state index in [1.807, 2.05) is 0 Å². The maximum Gasteiger partial charge on any atom is 0.326 e. The highest BCUT2D eigenvalue weighted by molar-refractivity contribution is 6.14. The quantitative estimate of drug-likeness (QED) is 0.439. The Morgan fingerprint density at radius 2 is 1.97 bits per heavy atom. The van der Waals surface area contributed by atoms with Gasteiger partial charge >= 0.3 is 6.01 Å². The summed E-state index contributed by atoms with van der Waals surface area (Å²) < 4.78 is 20.3. The van der Waals surface area contributed by atoms with Gasteiger partial charge in [-0.25, -0.2) is 14.4 Å². The van der Waals surface area contributed by atoms with Crippen molar-refractivity contribution in [2.75, 3.05) is 36.9 Å². The van der Waals surface area contributed by atoms with Gasteiger partial charge in [0.25, 0.3) is 0 Å². The van der Waals surface area contributed by atoms with Crippen molar-refractivity contribution < 1.29 is 9.13 Å². The molecule has 10 heteroatoms. The Hall–Kier alpha value is -3.53. The number of hydrogen-bond donors (Lipinski definition) is 3. The van der Waals surface area contributed by atoms with Crippen LogP contribution in [0.25, 0.3) is 21.9 Å². The average molecular weight is 434 g/mol. The van der Waals surface area contributed by atoms with Crippen molar-refractivity contribution >= 4 is 33.4 Å². The number of nitrogens with one attached hydrogen (secondary N) is 2. The predicted octanol–water partition coefficient (Wildman–Crippen LogP) is 2.82. The van der Waals surface area contributed by atoms with Crippen molar-refractivity contribution in [3.8, 4) is 11.8 Å². The lowest BCUT2D eigenvalue weighted by molar-refractivity contribution is 0.439. The predicted molar refractivity (Wildman–Crippen MR) is 119 cm³/mol. The van der Waals surface area contributed by atoms with Gasteiger partial charge in [-0.15, -0.1) is 0 Å². The highest BCUT2D eigenvalue weighted by atomic mass is 19.1. The van der Waals surface area contributed by atoms with Gasteiger partial charge < -0.3 is 25.7 Å². The maximum atomic E-state index is 14.4. The number of nitrogens with two attached hydrogens (primary N) is 1. The van der Waals surface area contributed by atoms with Gasteiger partial charge in [-0.3, -0.25) is 0 Å². The Morgan fingerprint density at radius 3 is 2.66 bits per heavy atom. The summed E-state index contributed by atoms with van der Waals surface area (Å²) in [6.07, 6.45) is 3.18. The number of rotatable bonds is 5. The molecule has 2 aliphatic rings. The normalized spacial score (nSPS) is 21.9. The molecule has 4 N–H and O–H groups in total. The summed E-state index contributed by atoms with van der Waals surface area (Å²) in [6, 6.07) is 3.17. The van der Waals surface area contributed by atoms with Crippen LogP contribution in [0, 0.1) is 30.5 Å². The molecule has 4 heterocycles. The molecule has 0 bridgehead atoms. The van der Waals surface area contributed by atoms with Gasteiger partial charge in [0.05, 0.1) is 29.0 Å². The fourth-order valence-corrected chi connectivity index (χ4v) is 5.01. The number of aromatic nitrogens is 5. The Kier molecular flexibility index (Phi) is 4.19. The van der Waals surface area contributed by atoms with Crippen molar-refractivity contribution in [2.24, 2.45) is 23.5 Å². The van der Waals surface area contributed by atoms with Crippen molar-refractivity contribution in [1.82, 2.24) is 24.9 Å². The standard InChI is InChI=1S/C22H23FN8O/c1-10-26-6-12(7-27-10)32-22-29-20-18(13-3-11(23)4-17(25-2)19(13)28-20)21(30-22)31-8-15-14(5-24)16(15)9-31/h3-4,6-7,14-16,25H,5,8-9,24H2,1-2H3,(H,28,29,30). The van der Waals surface area contributed by atoms with Gasteiger partial charge in [0, 0.05) is 25.5 Å². The van der Waals surface area contributed by atoms with Gasteiger partial charge in [-0.05, 0) is 43.4 Å². The lowest BCUT2D eigenvalue weighted by atomic mass is 10.1. The van der Waals surface area contributed by atoms with Crippen LogP contribution in [0.5, 0.6) is 11.8 Å². The number of aryl methyl sites for hydroxylation is 1. The highest BCUT2D eigenvalue weighted by Gasteiger charge is 2.55. The van der Waals surface area contributed by atoms with Crippen molar-refractivity contribution in [3.05, 3.63) is 36.2 Å². The molecule has 4 aromatic rings. The zero-order valence-corrected chi connectivity index (χ0v) is 17.8. The number of benzene rings is 1. The summed E-state index contributed by atoms with van der Waals surface area (Å²) in [6.45, 7) is 4.26. The molecule has 1 aromatic carbocycles. The van der Waals surface area contributed by atoms with E-state index in [2.05, 4.69) is 30.2 Å². The largest absolute Gasteiger partial charge is 0.421 e. The number of nitrogens with zero attached hydrogens (tertiary/aromatic N) is 5. The molecular formula is C22H23FN8O. The fourth-order valence-electron chi connectivity index (χ4n) is 5.01. The zero-order chi connectivity index (χ0) is 22.0. The van der Waals surface area contributed by atoms with E-state index < -0.39 is 0 Å². The second kappa shape index (κ2) is 6.99. The van der Waals surface area contributed by atoms with Crippen LogP contribution in [0.1, 0.15) is 5.82 Å².